The third kappa shape index (κ3) is 3.44. The molecule has 154 valence electrons. The fourth-order valence-corrected chi connectivity index (χ4v) is 4.17. The van der Waals surface area contributed by atoms with Gasteiger partial charge in [-0.05, 0) is 22.3 Å². The topological polar surface area (TPSA) is 38.7 Å². The normalized spacial score (nSPS) is 12.2. The maximum absolute atomic E-state index is 12.8. The molecule has 0 unspecified atom stereocenters. The Hall–Kier alpha value is -4.24. The van der Waals surface area contributed by atoms with E-state index in [0.717, 1.165) is 28.0 Å². The quantitative estimate of drug-likeness (QED) is 0.257. The van der Waals surface area contributed by atoms with Crippen molar-refractivity contribution in [1.82, 2.24) is 0 Å². The highest BCUT2D eigenvalue weighted by Crippen LogP contribution is 2.47. The number of aliphatic imine (C=N–C) groups is 1. The highest BCUT2D eigenvalue weighted by Gasteiger charge is 2.27. The van der Waals surface area contributed by atoms with Crippen molar-refractivity contribution < 1.29 is 9.53 Å². The van der Waals surface area contributed by atoms with E-state index in [0.29, 0.717) is 5.56 Å². The van der Waals surface area contributed by atoms with E-state index < -0.39 is 5.97 Å². The third-order valence-electron chi connectivity index (χ3n) is 5.62. The predicted octanol–water partition coefficient (Wildman–Crippen LogP) is 6.25. The molecule has 0 fully saturated rings. The lowest BCUT2D eigenvalue weighted by Crippen LogP contribution is -2.17. The summed E-state index contributed by atoms with van der Waals surface area (Å²) in [5.74, 6) is -0.468. The molecule has 0 aliphatic heterocycles. The van der Waals surface area contributed by atoms with Crippen LogP contribution in [0.4, 0.5) is 0 Å². The summed E-state index contributed by atoms with van der Waals surface area (Å²) < 4.78 is 5.11. The minimum absolute atomic E-state index is 0.279. The molecule has 0 amide bonds. The van der Waals surface area contributed by atoms with E-state index in [9.17, 15) is 4.79 Å². The number of ether oxygens (including phenoxy) is 1. The molecule has 0 heterocycles. The Morgan fingerprint density at radius 3 is 1.53 bits per heavy atom. The summed E-state index contributed by atoms with van der Waals surface area (Å²) in [4.78, 5) is 17.8. The third-order valence-corrected chi connectivity index (χ3v) is 5.62. The molecule has 1 aliphatic rings. The molecule has 4 aromatic carbocycles. The lowest BCUT2D eigenvalue weighted by molar-refractivity contribution is -0.132. The van der Waals surface area contributed by atoms with Gasteiger partial charge in [-0.15, -0.1) is 0 Å². The zero-order chi connectivity index (χ0) is 21.9. The predicted molar refractivity (Wildman–Crippen MR) is 129 cm³/mol. The molecular formula is C29H21NO2. The molecular weight excluding hydrogens is 394 g/mol. The Bertz CT molecular complexity index is 1300. The van der Waals surface area contributed by atoms with Crippen LogP contribution >= 0.6 is 0 Å². The van der Waals surface area contributed by atoms with Crippen LogP contribution in [0.2, 0.25) is 0 Å². The van der Waals surface area contributed by atoms with Crippen molar-refractivity contribution in [1.29, 1.82) is 0 Å². The number of hydrogen-bond donors (Lipinski definition) is 0. The zero-order valence-electron chi connectivity index (χ0n) is 17.7. The first-order valence-corrected chi connectivity index (χ1v) is 10.5. The number of carbonyl (C=O) groups is 1. The minimum atomic E-state index is -0.468. The molecule has 0 saturated carbocycles. The second-order valence-corrected chi connectivity index (χ2v) is 7.50. The van der Waals surface area contributed by atoms with Crippen LogP contribution in [-0.4, -0.2) is 18.8 Å². The van der Waals surface area contributed by atoms with Gasteiger partial charge in [-0.2, -0.15) is 0 Å². The van der Waals surface area contributed by atoms with Gasteiger partial charge in [-0.3, -0.25) is 0 Å². The molecule has 0 saturated heterocycles. The number of hydrogen-bond acceptors (Lipinski definition) is 3. The van der Waals surface area contributed by atoms with E-state index >= 15 is 0 Å². The van der Waals surface area contributed by atoms with E-state index in [1.54, 1.807) is 0 Å². The van der Waals surface area contributed by atoms with Crippen LogP contribution < -0.4 is 0 Å². The second-order valence-electron chi connectivity index (χ2n) is 7.50. The van der Waals surface area contributed by atoms with E-state index in [-0.39, 0.29) is 5.71 Å². The van der Waals surface area contributed by atoms with Crippen molar-refractivity contribution in [2.24, 2.45) is 4.99 Å². The van der Waals surface area contributed by atoms with Gasteiger partial charge in [-0.1, -0.05) is 109 Å². The fourth-order valence-electron chi connectivity index (χ4n) is 4.17. The van der Waals surface area contributed by atoms with Crippen LogP contribution in [0.1, 0.15) is 22.3 Å². The van der Waals surface area contributed by atoms with Crippen molar-refractivity contribution in [3.05, 3.63) is 131 Å². The zero-order valence-corrected chi connectivity index (χ0v) is 17.7. The number of rotatable bonds is 4. The summed E-state index contributed by atoms with van der Waals surface area (Å²) in [6.45, 7) is 0. The molecule has 0 bridgehead atoms. The van der Waals surface area contributed by atoms with Crippen LogP contribution in [0.15, 0.2) is 114 Å². The SMILES string of the molecule is COC(=O)C(=NC(=C1c2ccccc2-c2ccccc21)c1ccccc1)c1ccccc1. The van der Waals surface area contributed by atoms with E-state index in [4.69, 9.17) is 9.73 Å². The Kier molecular flexibility index (Phi) is 5.22. The van der Waals surface area contributed by atoms with Gasteiger partial charge in [0.2, 0.25) is 0 Å². The average molecular weight is 415 g/mol. The van der Waals surface area contributed by atoms with Crippen molar-refractivity contribution in [3.63, 3.8) is 0 Å². The first-order chi connectivity index (χ1) is 15.8. The molecule has 32 heavy (non-hydrogen) atoms. The summed E-state index contributed by atoms with van der Waals surface area (Å²) in [6, 6.07) is 36.1. The highest BCUT2D eigenvalue weighted by molar-refractivity contribution is 6.44. The summed E-state index contributed by atoms with van der Waals surface area (Å²) in [5, 5.41) is 0. The number of benzene rings is 4. The summed E-state index contributed by atoms with van der Waals surface area (Å²) in [6.07, 6.45) is 0. The van der Waals surface area contributed by atoms with Gasteiger partial charge >= 0.3 is 5.97 Å². The van der Waals surface area contributed by atoms with Crippen LogP contribution in [0, 0.1) is 0 Å². The number of esters is 1. The fraction of sp³-hybridized carbons (Fsp3) is 0.0345. The molecule has 0 atom stereocenters. The van der Waals surface area contributed by atoms with Gasteiger partial charge in [0.25, 0.3) is 0 Å². The van der Waals surface area contributed by atoms with E-state index in [1.165, 1.54) is 18.2 Å². The highest BCUT2D eigenvalue weighted by atomic mass is 16.5. The summed E-state index contributed by atoms with van der Waals surface area (Å²) in [5.41, 5.74) is 8.23. The molecule has 0 spiro atoms. The molecule has 3 nitrogen and oxygen atoms in total. The molecule has 0 N–H and O–H groups in total. The number of nitrogens with zero attached hydrogens (tertiary/aromatic N) is 1. The standard InChI is InChI=1S/C29H21NO2/c1-32-29(31)28(21-14-6-3-7-15-21)30-27(20-12-4-2-5-13-20)26-24-18-10-8-16-22(24)23-17-9-11-19-25(23)26/h2-19H,1H3. The van der Waals surface area contributed by atoms with Gasteiger partial charge in [0, 0.05) is 16.7 Å². The van der Waals surface area contributed by atoms with Crippen LogP contribution in [-0.2, 0) is 9.53 Å². The van der Waals surface area contributed by atoms with Crippen LogP contribution in [0.5, 0.6) is 0 Å². The van der Waals surface area contributed by atoms with Gasteiger partial charge in [0.05, 0.1) is 12.8 Å². The minimum Gasteiger partial charge on any atom is -0.464 e. The monoisotopic (exact) mass is 415 g/mol. The summed E-state index contributed by atoms with van der Waals surface area (Å²) >= 11 is 0. The van der Waals surface area contributed by atoms with Gasteiger partial charge in [-0.25, -0.2) is 9.79 Å². The number of carbonyl (C=O) groups excluding carboxylic acids is 1. The average Bonchev–Trinajstić information content (AvgIpc) is 3.20. The van der Waals surface area contributed by atoms with Crippen molar-refractivity contribution in [2.75, 3.05) is 7.11 Å². The lowest BCUT2D eigenvalue weighted by Gasteiger charge is -2.13. The van der Waals surface area contributed by atoms with Crippen LogP contribution in [0.25, 0.3) is 22.4 Å². The Labute approximate surface area is 187 Å². The molecule has 0 aromatic heterocycles. The van der Waals surface area contributed by atoms with Gasteiger partial charge in [0.1, 0.15) is 0 Å². The maximum atomic E-state index is 12.8. The van der Waals surface area contributed by atoms with E-state index in [2.05, 4.69) is 24.3 Å². The van der Waals surface area contributed by atoms with Crippen LogP contribution in [0.3, 0.4) is 0 Å². The Morgan fingerprint density at radius 2 is 1.03 bits per heavy atom. The molecule has 5 rings (SSSR count). The number of fused-ring (bicyclic) bond motifs is 3. The first-order valence-electron chi connectivity index (χ1n) is 10.5. The number of methoxy groups -OCH3 is 1. The van der Waals surface area contributed by atoms with Crippen molar-refractivity contribution in [2.45, 2.75) is 0 Å². The first kappa shape index (κ1) is 19.7. The van der Waals surface area contributed by atoms with Crippen molar-refractivity contribution >= 4 is 23.0 Å². The van der Waals surface area contributed by atoms with Crippen molar-refractivity contribution in [3.8, 4) is 11.1 Å². The van der Waals surface area contributed by atoms with Gasteiger partial charge < -0.3 is 4.74 Å². The molecule has 1 aliphatic carbocycles. The lowest BCUT2D eigenvalue weighted by atomic mass is 9.97. The molecule has 3 heteroatoms. The summed E-state index contributed by atoms with van der Waals surface area (Å²) in [7, 11) is 1.39. The largest absolute Gasteiger partial charge is 0.464 e. The Balaban J connectivity index is 1.87. The smallest absolute Gasteiger partial charge is 0.357 e. The maximum Gasteiger partial charge on any atom is 0.357 e. The molecule has 0 radical (unpaired) electrons. The second kappa shape index (κ2) is 8.48. The van der Waals surface area contributed by atoms with Gasteiger partial charge in [0.15, 0.2) is 5.71 Å². The Morgan fingerprint density at radius 1 is 0.594 bits per heavy atom. The van der Waals surface area contributed by atoms with E-state index in [1.807, 2.05) is 84.9 Å². The molecule has 4 aromatic rings.